The number of carbonyl (C=O) groups is 1. The third kappa shape index (κ3) is 5.47. The van der Waals surface area contributed by atoms with Crippen LogP contribution in [0, 0.1) is 0 Å². The summed E-state index contributed by atoms with van der Waals surface area (Å²) in [5.41, 5.74) is 0.561. The summed E-state index contributed by atoms with van der Waals surface area (Å²) in [6.07, 6.45) is 1.77. The van der Waals surface area contributed by atoms with Gasteiger partial charge in [-0.3, -0.25) is 10.1 Å². The molecule has 1 aliphatic rings. The monoisotopic (exact) mass is 449 g/mol. The predicted molar refractivity (Wildman–Crippen MR) is 117 cm³/mol. The van der Waals surface area contributed by atoms with Gasteiger partial charge in [0.2, 0.25) is 10.0 Å². The van der Waals surface area contributed by atoms with E-state index in [4.69, 9.17) is 21.7 Å². The third-order valence-electron chi connectivity index (χ3n) is 4.50. The molecule has 1 fully saturated rings. The summed E-state index contributed by atoms with van der Waals surface area (Å²) in [6, 6.07) is 13.2. The molecular formula is C20H23N3O5S2. The molecule has 1 saturated heterocycles. The van der Waals surface area contributed by atoms with Crippen molar-refractivity contribution in [3.63, 3.8) is 0 Å². The lowest BCUT2D eigenvalue weighted by Crippen LogP contribution is -2.37. The zero-order valence-electron chi connectivity index (χ0n) is 16.5. The summed E-state index contributed by atoms with van der Waals surface area (Å²) in [4.78, 5) is 12.3. The molecule has 2 aromatic carbocycles. The van der Waals surface area contributed by atoms with Gasteiger partial charge in [-0.2, -0.15) is 4.31 Å². The minimum absolute atomic E-state index is 0.0822. The van der Waals surface area contributed by atoms with Crippen molar-refractivity contribution in [2.45, 2.75) is 17.7 Å². The van der Waals surface area contributed by atoms with E-state index in [9.17, 15) is 13.2 Å². The molecular weight excluding hydrogens is 426 g/mol. The van der Waals surface area contributed by atoms with Crippen molar-refractivity contribution < 1.29 is 22.7 Å². The summed E-state index contributed by atoms with van der Waals surface area (Å²) in [5, 5.41) is 5.45. The Balaban J connectivity index is 1.51. The Hall–Kier alpha value is -2.69. The molecule has 0 radical (unpaired) electrons. The van der Waals surface area contributed by atoms with Crippen LogP contribution in [0.4, 0.5) is 5.69 Å². The van der Waals surface area contributed by atoms with E-state index in [1.807, 2.05) is 0 Å². The smallest absolute Gasteiger partial charge is 0.264 e. The summed E-state index contributed by atoms with van der Waals surface area (Å²) in [6.45, 7) is 0.861. The van der Waals surface area contributed by atoms with Crippen molar-refractivity contribution in [2.75, 3.05) is 32.1 Å². The van der Waals surface area contributed by atoms with Crippen molar-refractivity contribution in [3.05, 3.63) is 48.5 Å². The summed E-state index contributed by atoms with van der Waals surface area (Å²) < 4.78 is 37.2. The topological polar surface area (TPSA) is 97.0 Å². The molecule has 30 heavy (non-hydrogen) atoms. The van der Waals surface area contributed by atoms with Crippen LogP contribution < -0.4 is 20.1 Å². The van der Waals surface area contributed by atoms with Crippen LogP contribution >= 0.6 is 12.2 Å². The number of thiocarbonyl (C=S) groups is 1. The molecule has 0 aromatic heterocycles. The Labute approximate surface area is 181 Å². The second-order valence-electron chi connectivity index (χ2n) is 6.58. The summed E-state index contributed by atoms with van der Waals surface area (Å²) in [5.74, 6) is 0.533. The Morgan fingerprint density at radius 2 is 1.70 bits per heavy atom. The zero-order valence-corrected chi connectivity index (χ0v) is 18.1. The maximum Gasteiger partial charge on any atom is 0.264 e. The quantitative estimate of drug-likeness (QED) is 0.627. The lowest BCUT2D eigenvalue weighted by molar-refractivity contribution is -0.121. The number of carbonyl (C=O) groups excluding carboxylic acids is 1. The normalized spacial score (nSPS) is 14.2. The minimum Gasteiger partial charge on any atom is -0.493 e. The Kier molecular flexibility index (Phi) is 7.24. The van der Waals surface area contributed by atoms with Crippen LogP contribution in [0.5, 0.6) is 11.5 Å². The second kappa shape index (κ2) is 9.88. The summed E-state index contributed by atoms with van der Waals surface area (Å²) in [7, 11) is -1.95. The molecule has 2 N–H and O–H groups in total. The average molecular weight is 450 g/mol. The van der Waals surface area contributed by atoms with E-state index in [0.29, 0.717) is 30.3 Å². The molecule has 0 aliphatic carbocycles. The van der Waals surface area contributed by atoms with Gasteiger partial charge in [-0.15, -0.1) is 0 Å². The molecule has 0 unspecified atom stereocenters. The summed E-state index contributed by atoms with van der Waals surface area (Å²) >= 11 is 5.14. The first-order valence-electron chi connectivity index (χ1n) is 9.37. The number of nitrogens with one attached hydrogen (secondary N) is 2. The highest BCUT2D eigenvalue weighted by molar-refractivity contribution is 7.89. The Morgan fingerprint density at radius 1 is 1.07 bits per heavy atom. The number of methoxy groups -OCH3 is 1. The largest absolute Gasteiger partial charge is 0.493 e. The molecule has 1 amide bonds. The molecule has 0 bridgehead atoms. The molecule has 0 spiro atoms. The molecule has 0 saturated carbocycles. The number of benzene rings is 2. The fraction of sp³-hybridized carbons (Fsp3) is 0.300. The first kappa shape index (κ1) is 22.0. The van der Waals surface area contributed by atoms with Gasteiger partial charge in [-0.05, 0) is 61.5 Å². The van der Waals surface area contributed by atoms with Crippen molar-refractivity contribution in [1.82, 2.24) is 9.62 Å². The van der Waals surface area contributed by atoms with Crippen LogP contribution in [0.15, 0.2) is 53.4 Å². The van der Waals surface area contributed by atoms with Crippen LogP contribution in [0.25, 0.3) is 0 Å². The highest BCUT2D eigenvalue weighted by Crippen LogP contribution is 2.25. The predicted octanol–water partition coefficient (Wildman–Crippen LogP) is 2.37. The highest BCUT2D eigenvalue weighted by atomic mass is 32.2. The van der Waals surface area contributed by atoms with Gasteiger partial charge >= 0.3 is 0 Å². The van der Waals surface area contributed by atoms with E-state index < -0.39 is 15.9 Å². The van der Waals surface area contributed by atoms with Crippen LogP contribution in [0.1, 0.15) is 12.8 Å². The maximum atomic E-state index is 12.5. The lowest BCUT2D eigenvalue weighted by atomic mass is 10.3. The van der Waals surface area contributed by atoms with Gasteiger partial charge < -0.3 is 14.8 Å². The second-order valence-corrected chi connectivity index (χ2v) is 8.92. The third-order valence-corrected chi connectivity index (χ3v) is 6.61. The van der Waals surface area contributed by atoms with Gasteiger partial charge in [0, 0.05) is 18.8 Å². The van der Waals surface area contributed by atoms with E-state index in [0.717, 1.165) is 12.8 Å². The first-order chi connectivity index (χ1) is 14.4. The number of rotatable bonds is 7. The van der Waals surface area contributed by atoms with Gasteiger partial charge in [0.05, 0.1) is 12.0 Å². The van der Waals surface area contributed by atoms with Gasteiger partial charge in [-0.1, -0.05) is 12.1 Å². The number of hydrogen-bond acceptors (Lipinski definition) is 6. The van der Waals surface area contributed by atoms with E-state index in [1.165, 1.54) is 23.5 Å². The van der Waals surface area contributed by atoms with E-state index in [-0.39, 0.29) is 16.6 Å². The van der Waals surface area contributed by atoms with E-state index in [2.05, 4.69) is 10.6 Å². The standard InChI is InChI=1S/C20H23N3O5S2/c1-27-17-6-2-3-7-18(17)28-14-19(24)22-20(29)21-15-8-10-16(11-9-15)30(25,26)23-12-4-5-13-23/h2-3,6-11H,4-5,12-14H2,1H3,(H2,21,22,24,29). The van der Waals surface area contributed by atoms with Crippen LogP contribution in [0.3, 0.4) is 0 Å². The average Bonchev–Trinajstić information content (AvgIpc) is 3.28. The van der Waals surface area contributed by atoms with Crippen molar-refractivity contribution in [3.8, 4) is 11.5 Å². The Bertz CT molecular complexity index is 1000. The molecule has 8 nitrogen and oxygen atoms in total. The minimum atomic E-state index is -3.47. The van der Waals surface area contributed by atoms with E-state index in [1.54, 1.807) is 36.4 Å². The van der Waals surface area contributed by atoms with Crippen molar-refractivity contribution in [2.24, 2.45) is 0 Å². The molecule has 1 aliphatic heterocycles. The molecule has 2 aromatic rings. The van der Waals surface area contributed by atoms with Gasteiger partial charge in [0.25, 0.3) is 5.91 Å². The highest BCUT2D eigenvalue weighted by Gasteiger charge is 2.26. The van der Waals surface area contributed by atoms with Crippen LogP contribution in [-0.4, -0.2) is 50.5 Å². The fourth-order valence-corrected chi connectivity index (χ4v) is 4.74. The number of para-hydroxylation sites is 2. The number of sulfonamides is 1. The van der Waals surface area contributed by atoms with Crippen LogP contribution in [-0.2, 0) is 14.8 Å². The zero-order chi connectivity index (χ0) is 21.6. The van der Waals surface area contributed by atoms with E-state index >= 15 is 0 Å². The Morgan fingerprint density at radius 3 is 2.33 bits per heavy atom. The van der Waals surface area contributed by atoms with Gasteiger partial charge in [0.1, 0.15) is 0 Å². The molecule has 3 rings (SSSR count). The number of amides is 1. The molecule has 0 atom stereocenters. The molecule has 1 heterocycles. The number of hydrogen-bond donors (Lipinski definition) is 2. The number of anilines is 1. The SMILES string of the molecule is COc1ccccc1OCC(=O)NC(=S)Nc1ccc(S(=O)(=O)N2CCCC2)cc1. The fourth-order valence-electron chi connectivity index (χ4n) is 2.99. The first-order valence-corrected chi connectivity index (χ1v) is 11.2. The van der Waals surface area contributed by atoms with Gasteiger partial charge in [0.15, 0.2) is 23.2 Å². The van der Waals surface area contributed by atoms with Crippen molar-refractivity contribution >= 4 is 38.9 Å². The molecule has 160 valence electrons. The van der Waals surface area contributed by atoms with Crippen molar-refractivity contribution in [1.29, 1.82) is 0 Å². The maximum absolute atomic E-state index is 12.5. The van der Waals surface area contributed by atoms with Crippen LogP contribution in [0.2, 0.25) is 0 Å². The number of ether oxygens (including phenoxy) is 2. The molecule has 10 heteroatoms. The number of nitrogens with zero attached hydrogens (tertiary/aromatic N) is 1. The van der Waals surface area contributed by atoms with Gasteiger partial charge in [-0.25, -0.2) is 8.42 Å². The lowest BCUT2D eigenvalue weighted by Gasteiger charge is -2.16.